The van der Waals surface area contributed by atoms with Crippen LogP contribution in [0.5, 0.6) is 0 Å². The smallest absolute Gasteiger partial charge is 0.240 e. The van der Waals surface area contributed by atoms with Gasteiger partial charge in [-0.3, -0.25) is 9.59 Å². The third-order valence-electron chi connectivity index (χ3n) is 4.09. The molecular weight excluding hydrogens is 328 g/mol. The fourth-order valence-corrected chi connectivity index (χ4v) is 2.84. The van der Waals surface area contributed by atoms with Crippen molar-refractivity contribution in [3.05, 3.63) is 66.0 Å². The molecule has 26 heavy (non-hydrogen) atoms. The number of hydrogen-bond donors (Lipinski definition) is 2. The van der Waals surface area contributed by atoms with Crippen molar-refractivity contribution in [2.75, 3.05) is 6.54 Å². The summed E-state index contributed by atoms with van der Waals surface area (Å²) in [6.07, 6.45) is 0.570. The minimum atomic E-state index is -0.0757. The molecule has 3 rings (SSSR count). The van der Waals surface area contributed by atoms with Crippen LogP contribution in [-0.4, -0.2) is 27.9 Å². The maximum Gasteiger partial charge on any atom is 0.240 e. The van der Waals surface area contributed by atoms with Crippen molar-refractivity contribution in [3.8, 4) is 0 Å². The molecule has 0 unspecified atom stereocenters. The Labute approximate surface area is 152 Å². The monoisotopic (exact) mass is 350 g/mol. The Hall–Kier alpha value is -3.15. The van der Waals surface area contributed by atoms with Crippen LogP contribution in [0.1, 0.15) is 18.3 Å². The molecule has 0 aliphatic carbocycles. The second-order valence-electron chi connectivity index (χ2n) is 6.10. The van der Waals surface area contributed by atoms with E-state index in [1.165, 1.54) is 6.92 Å². The van der Waals surface area contributed by atoms with Crippen LogP contribution in [0.15, 0.2) is 54.6 Å². The maximum absolute atomic E-state index is 12.4. The molecule has 0 saturated carbocycles. The van der Waals surface area contributed by atoms with Gasteiger partial charge in [0, 0.05) is 26.4 Å². The fourth-order valence-electron chi connectivity index (χ4n) is 2.84. The van der Waals surface area contributed by atoms with Gasteiger partial charge in [0.15, 0.2) is 0 Å². The summed E-state index contributed by atoms with van der Waals surface area (Å²) >= 11 is 0. The predicted molar refractivity (Wildman–Crippen MR) is 100 cm³/mol. The Balaban J connectivity index is 1.72. The third kappa shape index (κ3) is 4.47. The van der Waals surface area contributed by atoms with E-state index in [9.17, 15) is 9.59 Å². The first-order chi connectivity index (χ1) is 12.6. The number of amides is 2. The van der Waals surface area contributed by atoms with E-state index in [0.717, 1.165) is 22.4 Å². The number of carbonyl (C=O) groups excluding carboxylic acids is 2. The first-order valence-corrected chi connectivity index (χ1v) is 8.62. The molecule has 0 radical (unpaired) electrons. The van der Waals surface area contributed by atoms with Gasteiger partial charge >= 0.3 is 0 Å². The molecule has 0 atom stereocenters. The van der Waals surface area contributed by atoms with Crippen molar-refractivity contribution >= 4 is 22.8 Å². The summed E-state index contributed by atoms with van der Waals surface area (Å²) in [4.78, 5) is 28.1. The normalized spacial score (nSPS) is 10.7. The zero-order valence-corrected chi connectivity index (χ0v) is 14.7. The number of imidazole rings is 1. The number of rotatable bonds is 7. The van der Waals surface area contributed by atoms with E-state index in [-0.39, 0.29) is 18.4 Å². The van der Waals surface area contributed by atoms with Crippen molar-refractivity contribution in [1.82, 2.24) is 20.2 Å². The highest BCUT2D eigenvalue weighted by Crippen LogP contribution is 2.16. The number of carbonyl (C=O) groups is 2. The van der Waals surface area contributed by atoms with E-state index in [0.29, 0.717) is 19.5 Å². The van der Waals surface area contributed by atoms with Crippen LogP contribution >= 0.6 is 0 Å². The molecule has 6 nitrogen and oxygen atoms in total. The van der Waals surface area contributed by atoms with Crippen molar-refractivity contribution in [2.45, 2.75) is 26.4 Å². The average molecular weight is 350 g/mol. The average Bonchev–Trinajstić information content (AvgIpc) is 2.98. The van der Waals surface area contributed by atoms with E-state index in [1.54, 1.807) is 0 Å². The Morgan fingerprint density at radius 1 is 1.00 bits per heavy atom. The van der Waals surface area contributed by atoms with Gasteiger partial charge in [-0.15, -0.1) is 0 Å². The lowest BCUT2D eigenvalue weighted by molar-refractivity contribution is -0.122. The largest absolute Gasteiger partial charge is 0.356 e. The number of hydrogen-bond acceptors (Lipinski definition) is 3. The highest BCUT2D eigenvalue weighted by molar-refractivity contribution is 5.81. The van der Waals surface area contributed by atoms with Gasteiger partial charge in [0.2, 0.25) is 11.8 Å². The van der Waals surface area contributed by atoms with Crippen molar-refractivity contribution in [3.63, 3.8) is 0 Å². The number of nitrogens with one attached hydrogen (secondary N) is 2. The van der Waals surface area contributed by atoms with Crippen LogP contribution in [0.2, 0.25) is 0 Å². The maximum atomic E-state index is 12.4. The number of fused-ring (bicyclic) bond motifs is 1. The van der Waals surface area contributed by atoms with Gasteiger partial charge < -0.3 is 15.2 Å². The molecule has 2 N–H and O–H groups in total. The first kappa shape index (κ1) is 17.7. The van der Waals surface area contributed by atoms with Crippen LogP contribution in [-0.2, 0) is 29.1 Å². The lowest BCUT2D eigenvalue weighted by Crippen LogP contribution is -2.29. The molecular formula is C20H22N4O2. The molecule has 134 valence electrons. The van der Waals surface area contributed by atoms with Crippen LogP contribution < -0.4 is 10.6 Å². The van der Waals surface area contributed by atoms with E-state index >= 15 is 0 Å². The minimum Gasteiger partial charge on any atom is -0.356 e. The van der Waals surface area contributed by atoms with Gasteiger partial charge in [0.25, 0.3) is 0 Å². The lowest BCUT2D eigenvalue weighted by Gasteiger charge is -2.10. The quantitative estimate of drug-likeness (QED) is 0.685. The summed E-state index contributed by atoms with van der Waals surface area (Å²) in [5.41, 5.74) is 2.82. The minimum absolute atomic E-state index is 0.0715. The summed E-state index contributed by atoms with van der Waals surface area (Å²) in [6, 6.07) is 17.5. The van der Waals surface area contributed by atoms with Gasteiger partial charge in [-0.05, 0) is 17.7 Å². The Bertz CT molecular complexity index is 903. The molecule has 1 aromatic heterocycles. The number of para-hydroxylation sites is 2. The Morgan fingerprint density at radius 3 is 2.50 bits per heavy atom. The van der Waals surface area contributed by atoms with E-state index in [2.05, 4.69) is 15.6 Å². The molecule has 1 heterocycles. The van der Waals surface area contributed by atoms with Gasteiger partial charge in [-0.25, -0.2) is 4.98 Å². The summed E-state index contributed by atoms with van der Waals surface area (Å²) in [6.45, 7) is 2.67. The van der Waals surface area contributed by atoms with E-state index in [1.807, 2.05) is 59.2 Å². The molecule has 0 saturated heterocycles. The topological polar surface area (TPSA) is 76.0 Å². The van der Waals surface area contributed by atoms with E-state index < -0.39 is 0 Å². The predicted octanol–water partition coefficient (Wildman–Crippen LogP) is 2.03. The van der Waals surface area contributed by atoms with Gasteiger partial charge in [0.05, 0.1) is 11.0 Å². The number of nitrogens with zero attached hydrogens (tertiary/aromatic N) is 2. The number of benzene rings is 2. The Morgan fingerprint density at radius 2 is 1.73 bits per heavy atom. The molecule has 2 amide bonds. The van der Waals surface area contributed by atoms with Crippen LogP contribution in [0.4, 0.5) is 0 Å². The fraction of sp³-hybridized carbons (Fsp3) is 0.250. The van der Waals surface area contributed by atoms with Gasteiger partial charge in [0.1, 0.15) is 12.4 Å². The molecule has 3 aromatic rings. The molecule has 0 aliphatic rings. The van der Waals surface area contributed by atoms with Crippen LogP contribution in [0.25, 0.3) is 11.0 Å². The van der Waals surface area contributed by atoms with Crippen molar-refractivity contribution in [1.29, 1.82) is 0 Å². The van der Waals surface area contributed by atoms with Gasteiger partial charge in [-0.1, -0.05) is 42.5 Å². The highest BCUT2D eigenvalue weighted by atomic mass is 16.2. The second kappa shape index (κ2) is 8.29. The van der Waals surface area contributed by atoms with Crippen molar-refractivity contribution < 1.29 is 9.59 Å². The molecule has 6 heteroatoms. The SMILES string of the molecule is CC(=O)NCCc1nc2ccccc2n1CC(=O)NCc1ccccc1. The summed E-state index contributed by atoms with van der Waals surface area (Å²) < 4.78 is 1.91. The zero-order chi connectivity index (χ0) is 18.4. The number of aromatic nitrogens is 2. The lowest BCUT2D eigenvalue weighted by atomic mass is 10.2. The molecule has 0 bridgehead atoms. The van der Waals surface area contributed by atoms with Crippen LogP contribution in [0, 0.1) is 0 Å². The molecule has 2 aromatic carbocycles. The van der Waals surface area contributed by atoms with E-state index in [4.69, 9.17) is 0 Å². The Kier molecular flexibility index (Phi) is 5.63. The molecule has 0 spiro atoms. The summed E-state index contributed by atoms with van der Waals surface area (Å²) in [5, 5.41) is 5.72. The molecule has 0 fully saturated rings. The zero-order valence-electron chi connectivity index (χ0n) is 14.7. The highest BCUT2D eigenvalue weighted by Gasteiger charge is 2.13. The standard InChI is InChI=1S/C20H22N4O2/c1-15(25)21-12-11-19-23-17-9-5-6-10-18(17)24(19)14-20(26)22-13-16-7-3-2-4-8-16/h2-10H,11-14H2,1H3,(H,21,25)(H,22,26). The first-order valence-electron chi connectivity index (χ1n) is 8.62. The van der Waals surface area contributed by atoms with Crippen LogP contribution in [0.3, 0.4) is 0 Å². The summed E-state index contributed by atoms with van der Waals surface area (Å²) in [5.74, 6) is 0.640. The molecule has 0 aliphatic heterocycles. The second-order valence-corrected chi connectivity index (χ2v) is 6.10. The van der Waals surface area contributed by atoms with Crippen molar-refractivity contribution in [2.24, 2.45) is 0 Å². The van der Waals surface area contributed by atoms with Gasteiger partial charge in [-0.2, -0.15) is 0 Å². The third-order valence-corrected chi connectivity index (χ3v) is 4.09. The summed E-state index contributed by atoms with van der Waals surface area (Å²) in [7, 11) is 0.